The fourth-order valence-corrected chi connectivity index (χ4v) is 3.42. The monoisotopic (exact) mass is 378 g/mol. The Balaban J connectivity index is 2.09. The van der Waals surface area contributed by atoms with Crippen molar-refractivity contribution < 1.29 is 12.6 Å². The van der Waals surface area contributed by atoms with Crippen LogP contribution in [0.2, 0.25) is 0 Å². The number of rotatable bonds is 14. The van der Waals surface area contributed by atoms with Gasteiger partial charge in [-0.25, -0.2) is 0 Å². The minimum atomic E-state index is -3.70. The highest BCUT2D eigenvalue weighted by Gasteiger charge is 2.12. The Morgan fingerprint density at radius 3 is 2.12 bits per heavy atom. The molecule has 0 heterocycles. The van der Waals surface area contributed by atoms with E-state index in [0.29, 0.717) is 6.42 Å². The quantitative estimate of drug-likeness (QED) is 0.157. The van der Waals surface area contributed by atoms with Crippen molar-refractivity contribution in [3.63, 3.8) is 0 Å². The molecule has 0 atom stereocenters. The average molecular weight is 379 g/mol. The van der Waals surface area contributed by atoms with E-state index in [4.69, 9.17) is 4.18 Å². The van der Waals surface area contributed by atoms with Crippen molar-refractivity contribution in [2.45, 2.75) is 83.0 Å². The molecule has 1 rings (SSSR count). The van der Waals surface area contributed by atoms with Crippen molar-refractivity contribution >= 4 is 10.1 Å². The van der Waals surface area contributed by atoms with E-state index < -0.39 is 10.1 Å². The van der Waals surface area contributed by atoms with Crippen LogP contribution in [-0.4, -0.2) is 8.42 Å². The average Bonchev–Trinajstić information content (AvgIpc) is 2.62. The maximum absolute atomic E-state index is 12.0. The third kappa shape index (κ3) is 10.4. The van der Waals surface area contributed by atoms with Crippen LogP contribution in [0, 0.1) is 6.92 Å². The second kappa shape index (κ2) is 13.6. The van der Waals surface area contributed by atoms with Gasteiger partial charge in [0.2, 0.25) is 0 Å². The highest BCUT2D eigenvalue weighted by molar-refractivity contribution is 7.86. The van der Waals surface area contributed by atoms with Gasteiger partial charge >= 0.3 is 10.1 Å². The number of hydrogen-bond donors (Lipinski definition) is 0. The first-order valence-electron chi connectivity index (χ1n) is 9.86. The molecule has 0 aliphatic rings. The van der Waals surface area contributed by atoms with Crippen LogP contribution in [0.1, 0.15) is 76.7 Å². The lowest BCUT2D eigenvalue weighted by molar-refractivity contribution is 0.442. The molecule has 0 aliphatic heterocycles. The molecule has 3 nitrogen and oxygen atoms in total. The largest absolute Gasteiger partial charge is 0.387 e. The van der Waals surface area contributed by atoms with Gasteiger partial charge in [-0.15, -0.1) is 0 Å². The Morgan fingerprint density at radius 1 is 0.846 bits per heavy atom. The van der Waals surface area contributed by atoms with Gasteiger partial charge in [0.1, 0.15) is 11.2 Å². The van der Waals surface area contributed by atoms with E-state index in [-0.39, 0.29) is 4.90 Å². The number of benzene rings is 1. The van der Waals surface area contributed by atoms with E-state index in [1.165, 1.54) is 57.6 Å². The zero-order chi connectivity index (χ0) is 19.1. The van der Waals surface area contributed by atoms with Crippen LogP contribution in [0.5, 0.6) is 0 Å². The Morgan fingerprint density at radius 2 is 1.46 bits per heavy atom. The Labute approximate surface area is 160 Å². The molecule has 0 saturated carbocycles. The molecule has 0 bridgehead atoms. The van der Waals surface area contributed by atoms with Gasteiger partial charge in [-0.1, -0.05) is 81.7 Å². The smallest absolute Gasteiger partial charge is 0.338 e. The first-order chi connectivity index (χ1) is 12.6. The summed E-state index contributed by atoms with van der Waals surface area (Å²) >= 11 is 0. The van der Waals surface area contributed by atoms with E-state index in [9.17, 15) is 8.42 Å². The van der Waals surface area contributed by atoms with Gasteiger partial charge in [0.15, 0.2) is 0 Å². The molecule has 0 unspecified atom stereocenters. The van der Waals surface area contributed by atoms with E-state index in [1.807, 2.05) is 6.92 Å². The fourth-order valence-electron chi connectivity index (χ4n) is 2.62. The maximum atomic E-state index is 12.0. The minimum Gasteiger partial charge on any atom is -0.387 e. The van der Waals surface area contributed by atoms with Crippen LogP contribution >= 0.6 is 0 Å². The zero-order valence-corrected chi connectivity index (χ0v) is 17.1. The fraction of sp³-hybridized carbons (Fsp3) is 0.545. The molecule has 0 saturated heterocycles. The van der Waals surface area contributed by atoms with Gasteiger partial charge in [0, 0.05) is 0 Å². The second-order valence-corrected chi connectivity index (χ2v) is 8.28. The van der Waals surface area contributed by atoms with Crippen LogP contribution in [-0.2, 0) is 14.3 Å². The molecular weight excluding hydrogens is 344 g/mol. The van der Waals surface area contributed by atoms with Crippen molar-refractivity contribution in [2.24, 2.45) is 0 Å². The normalized spacial score (nSPS) is 12.2. The SMILES string of the molecule is CCCCCCCCCCC=CC/C=C\OS(=O)(=O)c1ccc(C)cc1. The molecule has 0 aromatic heterocycles. The summed E-state index contributed by atoms with van der Waals surface area (Å²) in [5.41, 5.74) is 1.01. The zero-order valence-electron chi connectivity index (χ0n) is 16.3. The number of aryl methyl sites for hydroxylation is 1. The Hall–Kier alpha value is -1.55. The molecule has 0 fully saturated rings. The summed E-state index contributed by atoms with van der Waals surface area (Å²) in [6, 6.07) is 6.63. The summed E-state index contributed by atoms with van der Waals surface area (Å²) in [7, 11) is -3.70. The molecule has 1 aromatic rings. The van der Waals surface area contributed by atoms with E-state index in [0.717, 1.165) is 12.0 Å². The molecular formula is C22H34O3S. The summed E-state index contributed by atoms with van der Waals surface area (Å²) < 4.78 is 28.9. The number of hydrogen-bond acceptors (Lipinski definition) is 3. The topological polar surface area (TPSA) is 43.4 Å². The van der Waals surface area contributed by atoms with E-state index >= 15 is 0 Å². The maximum Gasteiger partial charge on any atom is 0.338 e. The molecule has 0 amide bonds. The highest BCUT2D eigenvalue weighted by Crippen LogP contribution is 2.13. The molecule has 1 aromatic carbocycles. The Bertz CT molecular complexity index is 628. The van der Waals surface area contributed by atoms with Crippen LogP contribution in [0.25, 0.3) is 0 Å². The first-order valence-corrected chi connectivity index (χ1v) is 11.3. The summed E-state index contributed by atoms with van der Waals surface area (Å²) in [4.78, 5) is 0.179. The van der Waals surface area contributed by atoms with Crippen molar-refractivity contribution in [2.75, 3.05) is 0 Å². The van der Waals surface area contributed by atoms with Gasteiger partial charge in [-0.2, -0.15) is 8.42 Å². The van der Waals surface area contributed by atoms with Gasteiger partial charge < -0.3 is 4.18 Å². The van der Waals surface area contributed by atoms with Gasteiger partial charge in [0.25, 0.3) is 0 Å². The molecule has 146 valence electrons. The molecule has 0 aliphatic carbocycles. The molecule has 0 spiro atoms. The van der Waals surface area contributed by atoms with Crippen LogP contribution in [0.15, 0.2) is 53.7 Å². The number of unbranched alkanes of at least 4 members (excludes halogenated alkanes) is 8. The standard InChI is InChI=1S/C22H34O3S/c1-3-4-5-6-7-8-9-10-11-12-13-14-15-20-25-26(23,24)22-18-16-21(2)17-19-22/h12-13,15-20H,3-11,14H2,1-2H3/b13-12?,20-15-. The minimum absolute atomic E-state index is 0.179. The van der Waals surface area contributed by atoms with Gasteiger partial charge in [-0.3, -0.25) is 0 Å². The lowest BCUT2D eigenvalue weighted by Crippen LogP contribution is -2.01. The molecule has 0 N–H and O–H groups in total. The third-order valence-corrected chi connectivity index (χ3v) is 5.47. The van der Waals surface area contributed by atoms with Crippen LogP contribution in [0.3, 0.4) is 0 Å². The highest BCUT2D eigenvalue weighted by atomic mass is 32.2. The molecule has 26 heavy (non-hydrogen) atoms. The van der Waals surface area contributed by atoms with Crippen molar-refractivity contribution in [1.82, 2.24) is 0 Å². The summed E-state index contributed by atoms with van der Waals surface area (Å²) in [6.07, 6.45) is 19.6. The lowest BCUT2D eigenvalue weighted by atomic mass is 10.1. The molecule has 0 radical (unpaired) electrons. The van der Waals surface area contributed by atoms with Crippen LogP contribution < -0.4 is 0 Å². The van der Waals surface area contributed by atoms with E-state index in [1.54, 1.807) is 30.3 Å². The van der Waals surface area contributed by atoms with Crippen LogP contribution in [0.4, 0.5) is 0 Å². The van der Waals surface area contributed by atoms with E-state index in [2.05, 4.69) is 19.1 Å². The molecule has 4 heteroatoms. The number of allylic oxidation sites excluding steroid dienone is 3. The second-order valence-electron chi connectivity index (χ2n) is 6.71. The van der Waals surface area contributed by atoms with Crippen molar-refractivity contribution in [3.8, 4) is 0 Å². The lowest BCUT2D eigenvalue weighted by Gasteiger charge is -2.02. The summed E-state index contributed by atoms with van der Waals surface area (Å²) in [5, 5.41) is 0. The van der Waals surface area contributed by atoms with Crippen molar-refractivity contribution in [3.05, 3.63) is 54.3 Å². The van der Waals surface area contributed by atoms with Crippen molar-refractivity contribution in [1.29, 1.82) is 0 Å². The predicted octanol–water partition coefficient (Wildman–Crippen LogP) is 6.69. The third-order valence-electron chi connectivity index (χ3n) is 4.25. The van der Waals surface area contributed by atoms with Gasteiger partial charge in [0.05, 0.1) is 0 Å². The van der Waals surface area contributed by atoms with Gasteiger partial charge in [-0.05, 0) is 44.4 Å². The Kier molecular flexibility index (Phi) is 11.8. The predicted molar refractivity (Wildman–Crippen MR) is 110 cm³/mol. The first kappa shape index (κ1) is 22.5. The summed E-state index contributed by atoms with van der Waals surface area (Å²) in [5.74, 6) is 0. The summed E-state index contributed by atoms with van der Waals surface area (Å²) in [6.45, 7) is 4.16.